The summed E-state index contributed by atoms with van der Waals surface area (Å²) in [5.41, 5.74) is 2.71. The van der Waals surface area contributed by atoms with Crippen molar-refractivity contribution in [1.82, 2.24) is 4.90 Å². The van der Waals surface area contributed by atoms with E-state index in [1.807, 2.05) is 11.8 Å². The number of nitrogens with zero attached hydrogens (tertiary/aromatic N) is 2. The molecule has 0 saturated carbocycles. The second kappa shape index (κ2) is 7.89. The van der Waals surface area contributed by atoms with Gasteiger partial charge in [0, 0.05) is 16.3 Å². The van der Waals surface area contributed by atoms with Gasteiger partial charge in [-0.05, 0) is 56.7 Å². The van der Waals surface area contributed by atoms with E-state index in [1.54, 1.807) is 0 Å². The molecule has 0 atom stereocenters. The largest absolute Gasteiger partial charge is 0.340 e. The topological polar surface area (TPSA) is 6.48 Å². The Labute approximate surface area is 144 Å². The maximum Gasteiger partial charge on any atom is 0.0552 e. The molecule has 0 N–H and O–H groups in total. The highest BCUT2D eigenvalue weighted by atomic mass is 32.2. The quantitative estimate of drug-likeness (QED) is 0.671. The van der Waals surface area contributed by atoms with Gasteiger partial charge < -0.3 is 9.80 Å². The Bertz CT molecular complexity index is 596. The zero-order valence-corrected chi connectivity index (χ0v) is 15.0. The predicted octanol–water partition coefficient (Wildman–Crippen LogP) is 5.41. The maximum atomic E-state index is 2.55. The molecule has 122 valence electrons. The standard InChI is InChI=1S/C20H26N2S/c1-3-14-21(4-2)15-9-16-22-17-10-5-7-12-19(17)23-20-13-8-6-11-18(20)22/h5-8,10-13H,3-4,9,14-16H2,1-2H3. The van der Waals surface area contributed by atoms with Crippen LogP contribution in [0.25, 0.3) is 0 Å². The van der Waals surface area contributed by atoms with Crippen LogP contribution in [-0.2, 0) is 0 Å². The summed E-state index contributed by atoms with van der Waals surface area (Å²) in [6.45, 7) is 9.14. The Morgan fingerprint density at radius 2 is 1.48 bits per heavy atom. The zero-order chi connectivity index (χ0) is 16.1. The summed E-state index contributed by atoms with van der Waals surface area (Å²) >= 11 is 1.89. The first-order chi connectivity index (χ1) is 11.3. The highest BCUT2D eigenvalue weighted by Gasteiger charge is 2.22. The Hall–Kier alpha value is -1.45. The van der Waals surface area contributed by atoms with Gasteiger partial charge in [0.1, 0.15) is 0 Å². The SMILES string of the molecule is CCCN(CC)CCCN1c2ccccc2Sc2ccccc21. The summed E-state index contributed by atoms with van der Waals surface area (Å²) in [6.07, 6.45) is 2.43. The van der Waals surface area contributed by atoms with Crippen molar-refractivity contribution in [3.63, 3.8) is 0 Å². The van der Waals surface area contributed by atoms with E-state index in [2.05, 4.69) is 72.2 Å². The number of para-hydroxylation sites is 2. The second-order valence-corrected chi connectivity index (χ2v) is 7.06. The molecule has 1 aliphatic heterocycles. The molecule has 1 aliphatic rings. The molecule has 1 heterocycles. The van der Waals surface area contributed by atoms with Crippen LogP contribution in [0.5, 0.6) is 0 Å². The van der Waals surface area contributed by atoms with Crippen LogP contribution < -0.4 is 4.90 Å². The number of rotatable bonds is 7. The third kappa shape index (κ3) is 3.73. The van der Waals surface area contributed by atoms with Crippen molar-refractivity contribution in [1.29, 1.82) is 0 Å². The molecule has 0 radical (unpaired) electrons. The molecule has 3 rings (SSSR count). The van der Waals surface area contributed by atoms with Gasteiger partial charge in [-0.2, -0.15) is 0 Å². The van der Waals surface area contributed by atoms with Gasteiger partial charge in [0.2, 0.25) is 0 Å². The third-order valence-corrected chi connectivity index (χ3v) is 5.51. The Morgan fingerprint density at radius 3 is 2.04 bits per heavy atom. The van der Waals surface area contributed by atoms with E-state index in [0.29, 0.717) is 0 Å². The molecule has 2 aromatic rings. The van der Waals surface area contributed by atoms with Crippen LogP contribution in [-0.4, -0.2) is 31.1 Å². The molecule has 23 heavy (non-hydrogen) atoms. The Balaban J connectivity index is 1.76. The van der Waals surface area contributed by atoms with E-state index in [9.17, 15) is 0 Å². The molecule has 3 heteroatoms. The predicted molar refractivity (Wildman–Crippen MR) is 101 cm³/mol. The molecule has 0 bridgehead atoms. The zero-order valence-electron chi connectivity index (χ0n) is 14.2. The van der Waals surface area contributed by atoms with Crippen LogP contribution in [0.1, 0.15) is 26.7 Å². The molecule has 0 unspecified atom stereocenters. The van der Waals surface area contributed by atoms with E-state index < -0.39 is 0 Å². The van der Waals surface area contributed by atoms with E-state index in [0.717, 1.165) is 13.1 Å². The highest BCUT2D eigenvalue weighted by molar-refractivity contribution is 7.99. The maximum absolute atomic E-state index is 2.55. The number of anilines is 2. The van der Waals surface area contributed by atoms with Gasteiger partial charge >= 0.3 is 0 Å². The minimum Gasteiger partial charge on any atom is -0.340 e. The van der Waals surface area contributed by atoms with Gasteiger partial charge in [0.15, 0.2) is 0 Å². The smallest absolute Gasteiger partial charge is 0.0552 e. The molecule has 0 aliphatic carbocycles. The van der Waals surface area contributed by atoms with Crippen molar-refractivity contribution in [3.05, 3.63) is 48.5 Å². The number of fused-ring (bicyclic) bond motifs is 2. The van der Waals surface area contributed by atoms with Crippen LogP contribution in [0.4, 0.5) is 11.4 Å². The lowest BCUT2D eigenvalue weighted by Crippen LogP contribution is -2.29. The van der Waals surface area contributed by atoms with E-state index in [1.165, 1.54) is 47.1 Å². The first kappa shape index (κ1) is 16.4. The lowest BCUT2D eigenvalue weighted by atomic mass is 10.2. The second-order valence-electron chi connectivity index (χ2n) is 5.98. The molecule has 2 aromatic carbocycles. The summed E-state index contributed by atoms with van der Waals surface area (Å²) in [5, 5.41) is 0. The van der Waals surface area contributed by atoms with Gasteiger partial charge in [-0.3, -0.25) is 0 Å². The summed E-state index contributed by atoms with van der Waals surface area (Å²) < 4.78 is 0. The first-order valence-corrected chi connectivity index (χ1v) is 9.51. The molecular weight excluding hydrogens is 300 g/mol. The van der Waals surface area contributed by atoms with Gasteiger partial charge in [0.05, 0.1) is 11.4 Å². The van der Waals surface area contributed by atoms with Crippen molar-refractivity contribution in [2.75, 3.05) is 31.1 Å². The van der Waals surface area contributed by atoms with Crippen LogP contribution >= 0.6 is 11.8 Å². The van der Waals surface area contributed by atoms with Crippen LogP contribution in [0.2, 0.25) is 0 Å². The minimum absolute atomic E-state index is 1.08. The van der Waals surface area contributed by atoms with Gasteiger partial charge in [-0.15, -0.1) is 0 Å². The molecular formula is C20H26N2S. The van der Waals surface area contributed by atoms with Crippen molar-refractivity contribution >= 4 is 23.1 Å². The third-order valence-electron chi connectivity index (χ3n) is 4.38. The van der Waals surface area contributed by atoms with Crippen molar-refractivity contribution < 1.29 is 0 Å². The fourth-order valence-electron chi connectivity index (χ4n) is 3.22. The number of benzene rings is 2. The molecule has 2 nitrogen and oxygen atoms in total. The van der Waals surface area contributed by atoms with Gasteiger partial charge in [-0.25, -0.2) is 0 Å². The fraction of sp³-hybridized carbons (Fsp3) is 0.400. The summed E-state index contributed by atoms with van der Waals surface area (Å²) in [5.74, 6) is 0. The van der Waals surface area contributed by atoms with Crippen LogP contribution in [0, 0.1) is 0 Å². The van der Waals surface area contributed by atoms with Crippen LogP contribution in [0.15, 0.2) is 58.3 Å². The average Bonchev–Trinajstić information content (AvgIpc) is 2.60. The fourth-order valence-corrected chi connectivity index (χ4v) is 4.31. The summed E-state index contributed by atoms with van der Waals surface area (Å²) in [4.78, 5) is 7.79. The molecule has 0 saturated heterocycles. The molecule has 0 amide bonds. The monoisotopic (exact) mass is 326 g/mol. The summed E-state index contributed by atoms with van der Waals surface area (Å²) in [6, 6.07) is 17.5. The molecule has 0 spiro atoms. The van der Waals surface area contributed by atoms with Crippen molar-refractivity contribution in [2.24, 2.45) is 0 Å². The average molecular weight is 327 g/mol. The molecule has 0 fully saturated rings. The van der Waals surface area contributed by atoms with Gasteiger partial charge in [0.25, 0.3) is 0 Å². The number of hydrogen-bond donors (Lipinski definition) is 0. The number of hydrogen-bond acceptors (Lipinski definition) is 3. The minimum atomic E-state index is 1.08. The van der Waals surface area contributed by atoms with E-state index in [4.69, 9.17) is 0 Å². The Kier molecular flexibility index (Phi) is 5.63. The normalized spacial score (nSPS) is 13.1. The molecule has 0 aromatic heterocycles. The van der Waals surface area contributed by atoms with E-state index >= 15 is 0 Å². The van der Waals surface area contributed by atoms with Crippen molar-refractivity contribution in [3.8, 4) is 0 Å². The lowest BCUT2D eigenvalue weighted by Gasteiger charge is -2.33. The highest BCUT2D eigenvalue weighted by Crippen LogP contribution is 2.47. The first-order valence-electron chi connectivity index (χ1n) is 8.69. The Morgan fingerprint density at radius 1 is 0.870 bits per heavy atom. The summed E-state index contributed by atoms with van der Waals surface area (Å²) in [7, 11) is 0. The van der Waals surface area contributed by atoms with Crippen molar-refractivity contribution in [2.45, 2.75) is 36.5 Å². The lowest BCUT2D eigenvalue weighted by molar-refractivity contribution is 0.286. The van der Waals surface area contributed by atoms with Crippen LogP contribution in [0.3, 0.4) is 0 Å². The van der Waals surface area contributed by atoms with E-state index in [-0.39, 0.29) is 0 Å². The van der Waals surface area contributed by atoms with Gasteiger partial charge in [-0.1, -0.05) is 49.9 Å².